The molecule has 0 aliphatic carbocycles. The van der Waals surface area contributed by atoms with E-state index in [1.54, 1.807) is 0 Å². The molecule has 0 amide bonds. The van der Waals surface area contributed by atoms with Crippen LogP contribution < -0.4 is 5.46 Å². The van der Waals surface area contributed by atoms with Crippen molar-refractivity contribution in [2.75, 3.05) is 0 Å². The van der Waals surface area contributed by atoms with Crippen molar-refractivity contribution in [3.05, 3.63) is 28.8 Å². The lowest BCUT2D eigenvalue weighted by atomic mass is 9.78. The van der Waals surface area contributed by atoms with Crippen LogP contribution in [0.4, 0.5) is 8.78 Å². The lowest BCUT2D eigenvalue weighted by Crippen LogP contribution is -2.29. The van der Waals surface area contributed by atoms with Gasteiger partial charge in [0.1, 0.15) is 0 Å². The maximum atomic E-state index is 13.3. The number of halogens is 3. The van der Waals surface area contributed by atoms with E-state index in [-0.39, 0.29) is 23.1 Å². The predicted molar refractivity (Wildman–Crippen MR) is 51.4 cm³/mol. The topological polar surface area (TPSA) is 29.5 Å². The molecule has 0 atom stereocenters. The number of hydrogen-bond donors (Lipinski definition) is 1. The molecule has 74 valence electrons. The Bertz CT molecular complexity index is 386. The number of benzene rings is 1. The average Bonchev–Trinajstić information content (AvgIpc) is 2.54. The molecular weight excluding hydrogens is 257 g/mol. The van der Waals surface area contributed by atoms with Crippen LogP contribution in [0.5, 0.6) is 0 Å². The normalized spacial score (nSPS) is 14.7. The van der Waals surface area contributed by atoms with Gasteiger partial charge in [0, 0.05) is 16.5 Å². The molecule has 0 saturated heterocycles. The van der Waals surface area contributed by atoms with Gasteiger partial charge in [0.05, 0.1) is 6.61 Å². The van der Waals surface area contributed by atoms with E-state index in [0.717, 1.165) is 0 Å². The van der Waals surface area contributed by atoms with Gasteiger partial charge in [0.2, 0.25) is 0 Å². The number of fused-ring (bicyclic) bond motifs is 1. The molecule has 14 heavy (non-hydrogen) atoms. The number of alkyl halides is 1. The molecule has 0 unspecified atom stereocenters. The van der Waals surface area contributed by atoms with Crippen LogP contribution in [-0.2, 0) is 16.6 Å². The SMILES string of the molecule is OB1OCc2c1cc(CBr)c(F)c2F. The molecule has 0 aromatic heterocycles. The van der Waals surface area contributed by atoms with Crippen LogP contribution >= 0.6 is 15.9 Å². The Morgan fingerprint density at radius 1 is 1.50 bits per heavy atom. The molecule has 1 heterocycles. The van der Waals surface area contributed by atoms with Gasteiger partial charge in [-0.3, -0.25) is 0 Å². The summed E-state index contributed by atoms with van der Waals surface area (Å²) >= 11 is 3.04. The lowest BCUT2D eigenvalue weighted by Gasteiger charge is -2.05. The fourth-order valence-corrected chi connectivity index (χ4v) is 1.86. The highest BCUT2D eigenvalue weighted by molar-refractivity contribution is 9.08. The van der Waals surface area contributed by atoms with E-state index in [1.807, 2.05) is 0 Å². The van der Waals surface area contributed by atoms with E-state index in [2.05, 4.69) is 15.9 Å². The van der Waals surface area contributed by atoms with Crippen LogP contribution in [0.3, 0.4) is 0 Å². The predicted octanol–water partition coefficient (Wildman–Crippen LogP) is 1.08. The van der Waals surface area contributed by atoms with Gasteiger partial charge in [-0.05, 0) is 5.46 Å². The van der Waals surface area contributed by atoms with Crippen molar-refractivity contribution in [2.24, 2.45) is 0 Å². The molecular formula is C8H6BBrF2O2. The first-order valence-corrected chi connectivity index (χ1v) is 5.12. The minimum Gasteiger partial charge on any atom is -0.423 e. The Balaban J connectivity index is 2.62. The Morgan fingerprint density at radius 3 is 2.86 bits per heavy atom. The van der Waals surface area contributed by atoms with E-state index in [9.17, 15) is 13.8 Å². The Morgan fingerprint density at radius 2 is 2.21 bits per heavy atom. The van der Waals surface area contributed by atoms with Gasteiger partial charge in [-0.15, -0.1) is 0 Å². The van der Waals surface area contributed by atoms with Crippen molar-refractivity contribution < 1.29 is 18.5 Å². The summed E-state index contributed by atoms with van der Waals surface area (Å²) in [6.45, 7) is -0.0815. The lowest BCUT2D eigenvalue weighted by molar-refractivity contribution is 0.271. The van der Waals surface area contributed by atoms with Crippen molar-refractivity contribution in [1.29, 1.82) is 0 Å². The van der Waals surface area contributed by atoms with Gasteiger partial charge in [0.25, 0.3) is 0 Å². The van der Waals surface area contributed by atoms with Gasteiger partial charge >= 0.3 is 7.12 Å². The van der Waals surface area contributed by atoms with Crippen LogP contribution in [0.15, 0.2) is 6.07 Å². The zero-order valence-corrected chi connectivity index (χ0v) is 8.64. The third-order valence-corrected chi connectivity index (χ3v) is 2.82. The maximum Gasteiger partial charge on any atom is 0.491 e. The van der Waals surface area contributed by atoms with Gasteiger partial charge in [-0.1, -0.05) is 22.0 Å². The zero-order chi connectivity index (χ0) is 10.3. The van der Waals surface area contributed by atoms with Crippen molar-refractivity contribution in [1.82, 2.24) is 0 Å². The number of hydrogen-bond acceptors (Lipinski definition) is 2. The zero-order valence-electron chi connectivity index (χ0n) is 7.06. The molecule has 2 nitrogen and oxygen atoms in total. The quantitative estimate of drug-likeness (QED) is 0.606. The second kappa shape index (κ2) is 3.60. The molecule has 1 aliphatic heterocycles. The minimum absolute atomic E-state index is 0.0815. The third kappa shape index (κ3) is 1.38. The molecule has 1 aromatic rings. The first kappa shape index (κ1) is 10.1. The smallest absolute Gasteiger partial charge is 0.423 e. The second-order valence-corrected chi connectivity index (χ2v) is 3.59. The van der Waals surface area contributed by atoms with E-state index < -0.39 is 18.8 Å². The monoisotopic (exact) mass is 262 g/mol. The molecule has 0 radical (unpaired) electrons. The Hall–Kier alpha value is -0.455. The summed E-state index contributed by atoms with van der Waals surface area (Å²) < 4.78 is 31.4. The Kier molecular flexibility index (Phi) is 2.59. The Labute approximate surface area is 88.2 Å². The molecule has 1 N–H and O–H groups in total. The van der Waals surface area contributed by atoms with Crippen molar-refractivity contribution >= 4 is 28.5 Å². The molecule has 2 rings (SSSR count). The van der Waals surface area contributed by atoms with E-state index in [0.29, 0.717) is 5.46 Å². The molecule has 0 spiro atoms. The fourth-order valence-electron chi connectivity index (χ4n) is 1.45. The molecule has 0 bridgehead atoms. The van der Waals surface area contributed by atoms with Crippen LogP contribution in [-0.4, -0.2) is 12.1 Å². The van der Waals surface area contributed by atoms with Crippen molar-refractivity contribution in [3.8, 4) is 0 Å². The van der Waals surface area contributed by atoms with Crippen LogP contribution in [0, 0.1) is 11.6 Å². The average molecular weight is 263 g/mol. The first-order chi connectivity index (χ1) is 6.65. The molecule has 0 fully saturated rings. The highest BCUT2D eigenvalue weighted by Gasteiger charge is 2.32. The van der Waals surface area contributed by atoms with Gasteiger partial charge in [-0.2, -0.15) is 0 Å². The summed E-state index contributed by atoms with van der Waals surface area (Å²) in [5, 5.41) is 9.49. The highest BCUT2D eigenvalue weighted by atomic mass is 79.9. The molecule has 1 aliphatic rings. The summed E-state index contributed by atoms with van der Waals surface area (Å²) in [7, 11) is -1.14. The third-order valence-electron chi connectivity index (χ3n) is 2.21. The summed E-state index contributed by atoms with van der Waals surface area (Å²) in [6.07, 6.45) is 0. The molecule has 1 aromatic carbocycles. The van der Waals surface area contributed by atoms with Crippen LogP contribution in [0.25, 0.3) is 0 Å². The van der Waals surface area contributed by atoms with Gasteiger partial charge in [-0.25, -0.2) is 8.78 Å². The summed E-state index contributed by atoms with van der Waals surface area (Å²) in [5.74, 6) is -1.80. The van der Waals surface area contributed by atoms with E-state index in [1.165, 1.54) is 6.07 Å². The summed E-state index contributed by atoms with van der Waals surface area (Å²) in [5.41, 5.74) is 0.615. The molecule has 6 heteroatoms. The van der Waals surface area contributed by atoms with E-state index >= 15 is 0 Å². The maximum absolute atomic E-state index is 13.3. The van der Waals surface area contributed by atoms with Crippen molar-refractivity contribution in [3.63, 3.8) is 0 Å². The van der Waals surface area contributed by atoms with Crippen LogP contribution in [0.1, 0.15) is 11.1 Å². The second-order valence-electron chi connectivity index (χ2n) is 3.03. The van der Waals surface area contributed by atoms with Gasteiger partial charge < -0.3 is 9.68 Å². The van der Waals surface area contributed by atoms with Gasteiger partial charge in [0.15, 0.2) is 11.6 Å². The summed E-state index contributed by atoms with van der Waals surface area (Å²) in [4.78, 5) is 0. The number of rotatable bonds is 1. The fraction of sp³-hybridized carbons (Fsp3) is 0.250. The minimum atomic E-state index is -1.14. The first-order valence-electron chi connectivity index (χ1n) is 4.00. The largest absolute Gasteiger partial charge is 0.491 e. The van der Waals surface area contributed by atoms with Crippen molar-refractivity contribution in [2.45, 2.75) is 11.9 Å². The van der Waals surface area contributed by atoms with E-state index in [4.69, 9.17) is 4.65 Å². The molecule has 0 saturated carbocycles. The van der Waals surface area contributed by atoms with Crippen LogP contribution in [0.2, 0.25) is 0 Å². The summed E-state index contributed by atoms with van der Waals surface area (Å²) in [6, 6.07) is 1.42. The highest BCUT2D eigenvalue weighted by Crippen LogP contribution is 2.21. The standard InChI is InChI=1S/C8H6BBrF2O2/c10-2-4-1-6-5(3-14-9(6)13)8(12)7(4)11/h1,13H,2-3H2.